The Morgan fingerprint density at radius 2 is 1.96 bits per heavy atom. The standard InChI is InChI=1S/C20H29FN4OS.HI/c1-4-22-19(24-15-20(2,26)17-9-12-27-14-17)23-10-11-25(3)13-16-5-7-18(21)8-6-16;/h5-9,12,14,26H,4,10-11,13,15H2,1-3H3,(H2,22,23,24);1H. The molecular formula is C20H30FIN4OS. The Bertz CT molecular complexity index is 708. The van der Waals surface area contributed by atoms with Gasteiger partial charge in [-0.1, -0.05) is 12.1 Å². The zero-order chi connectivity index (χ0) is 19.7. The SMILES string of the molecule is CCNC(=NCC(C)(O)c1ccsc1)NCCN(C)Cc1ccc(F)cc1.I. The number of nitrogens with one attached hydrogen (secondary N) is 2. The summed E-state index contributed by atoms with van der Waals surface area (Å²) in [5, 5.41) is 21.0. The van der Waals surface area contributed by atoms with Gasteiger partial charge in [-0.25, -0.2) is 9.38 Å². The van der Waals surface area contributed by atoms with Gasteiger partial charge in [0.1, 0.15) is 11.4 Å². The average molecular weight is 520 g/mol. The number of hydrogen-bond acceptors (Lipinski definition) is 4. The van der Waals surface area contributed by atoms with E-state index in [9.17, 15) is 9.50 Å². The Hall–Kier alpha value is -1.23. The fourth-order valence-corrected chi connectivity index (χ4v) is 3.37. The van der Waals surface area contributed by atoms with E-state index in [1.165, 1.54) is 12.1 Å². The van der Waals surface area contributed by atoms with Crippen LogP contribution >= 0.6 is 35.3 Å². The van der Waals surface area contributed by atoms with Crippen LogP contribution in [-0.2, 0) is 12.1 Å². The Labute approximate surface area is 188 Å². The van der Waals surface area contributed by atoms with Crippen molar-refractivity contribution in [3.8, 4) is 0 Å². The molecule has 1 heterocycles. The van der Waals surface area contributed by atoms with Gasteiger partial charge in [0.05, 0.1) is 6.54 Å². The van der Waals surface area contributed by atoms with E-state index in [1.54, 1.807) is 30.4 Å². The summed E-state index contributed by atoms with van der Waals surface area (Å²) in [6.45, 7) is 7.09. The molecule has 0 aliphatic rings. The zero-order valence-electron chi connectivity index (χ0n) is 16.6. The number of guanidine groups is 1. The van der Waals surface area contributed by atoms with Crippen LogP contribution in [0.25, 0.3) is 0 Å². The largest absolute Gasteiger partial charge is 0.383 e. The van der Waals surface area contributed by atoms with Gasteiger partial charge < -0.3 is 20.6 Å². The number of benzene rings is 1. The molecule has 0 fully saturated rings. The van der Waals surface area contributed by atoms with Crippen molar-refractivity contribution in [1.82, 2.24) is 15.5 Å². The first-order valence-corrected chi connectivity index (χ1v) is 10.0. The second-order valence-corrected chi connectivity index (χ2v) is 7.55. The van der Waals surface area contributed by atoms with Gasteiger partial charge >= 0.3 is 0 Å². The molecule has 156 valence electrons. The Morgan fingerprint density at radius 1 is 1.25 bits per heavy atom. The topological polar surface area (TPSA) is 59.9 Å². The van der Waals surface area contributed by atoms with Crippen LogP contribution in [0.2, 0.25) is 0 Å². The van der Waals surface area contributed by atoms with Gasteiger partial charge in [-0.05, 0) is 61.0 Å². The van der Waals surface area contributed by atoms with Gasteiger partial charge in [0.15, 0.2) is 5.96 Å². The second-order valence-electron chi connectivity index (χ2n) is 6.77. The van der Waals surface area contributed by atoms with Crippen LogP contribution in [0.15, 0.2) is 46.1 Å². The van der Waals surface area contributed by atoms with Crippen LogP contribution in [0.1, 0.15) is 25.0 Å². The van der Waals surface area contributed by atoms with Gasteiger partial charge in [0.25, 0.3) is 0 Å². The van der Waals surface area contributed by atoms with Crippen LogP contribution in [0.5, 0.6) is 0 Å². The van der Waals surface area contributed by atoms with Gasteiger partial charge in [-0.2, -0.15) is 11.3 Å². The smallest absolute Gasteiger partial charge is 0.191 e. The molecule has 0 aliphatic carbocycles. The molecule has 8 heteroatoms. The first kappa shape index (κ1) is 24.8. The monoisotopic (exact) mass is 520 g/mol. The molecular weight excluding hydrogens is 490 g/mol. The van der Waals surface area contributed by atoms with Gasteiger partial charge in [0.2, 0.25) is 0 Å². The summed E-state index contributed by atoms with van der Waals surface area (Å²) in [4.78, 5) is 6.68. The van der Waals surface area contributed by atoms with E-state index >= 15 is 0 Å². The maximum absolute atomic E-state index is 13.0. The predicted octanol–water partition coefficient (Wildman–Crippen LogP) is 3.40. The normalized spacial score (nSPS) is 13.7. The summed E-state index contributed by atoms with van der Waals surface area (Å²) in [7, 11) is 2.02. The van der Waals surface area contributed by atoms with Crippen LogP contribution in [0.4, 0.5) is 4.39 Å². The predicted molar refractivity (Wildman–Crippen MR) is 126 cm³/mol. The maximum atomic E-state index is 13.0. The van der Waals surface area contributed by atoms with E-state index in [2.05, 4.69) is 20.5 Å². The molecule has 0 amide bonds. The lowest BCUT2D eigenvalue weighted by molar-refractivity contribution is 0.0677. The molecule has 28 heavy (non-hydrogen) atoms. The molecule has 1 unspecified atom stereocenters. The van der Waals surface area contributed by atoms with E-state index in [4.69, 9.17) is 0 Å². The van der Waals surface area contributed by atoms with Crippen molar-refractivity contribution in [2.24, 2.45) is 4.99 Å². The number of hydrogen-bond donors (Lipinski definition) is 3. The van der Waals surface area contributed by atoms with Crippen molar-refractivity contribution >= 4 is 41.3 Å². The average Bonchev–Trinajstić information content (AvgIpc) is 3.17. The summed E-state index contributed by atoms with van der Waals surface area (Å²) in [5.41, 5.74) is 0.972. The van der Waals surface area contributed by atoms with Crippen molar-refractivity contribution in [3.05, 3.63) is 58.0 Å². The van der Waals surface area contributed by atoms with Crippen LogP contribution in [-0.4, -0.2) is 49.2 Å². The van der Waals surface area contributed by atoms with E-state index in [1.807, 2.05) is 30.8 Å². The van der Waals surface area contributed by atoms with Crippen LogP contribution < -0.4 is 10.6 Å². The van der Waals surface area contributed by atoms with Crippen molar-refractivity contribution in [2.45, 2.75) is 26.0 Å². The summed E-state index contributed by atoms with van der Waals surface area (Å²) in [6.07, 6.45) is 0. The molecule has 1 atom stereocenters. The second kappa shape index (κ2) is 12.4. The highest BCUT2D eigenvalue weighted by molar-refractivity contribution is 14.0. The minimum Gasteiger partial charge on any atom is -0.383 e. The van der Waals surface area contributed by atoms with Gasteiger partial charge in [0, 0.05) is 26.2 Å². The highest BCUT2D eigenvalue weighted by Crippen LogP contribution is 2.23. The van der Waals surface area contributed by atoms with E-state index < -0.39 is 5.60 Å². The number of rotatable bonds is 9. The van der Waals surface area contributed by atoms with E-state index in [-0.39, 0.29) is 36.3 Å². The van der Waals surface area contributed by atoms with Crippen molar-refractivity contribution in [3.63, 3.8) is 0 Å². The fourth-order valence-electron chi connectivity index (χ4n) is 2.58. The molecule has 0 aliphatic heterocycles. The number of thiophene rings is 1. The third-order valence-corrected chi connectivity index (χ3v) is 4.87. The molecule has 0 spiro atoms. The minimum absolute atomic E-state index is 0. The molecule has 0 bridgehead atoms. The highest BCUT2D eigenvalue weighted by atomic mass is 127. The maximum Gasteiger partial charge on any atom is 0.191 e. The lowest BCUT2D eigenvalue weighted by Crippen LogP contribution is -2.41. The third-order valence-electron chi connectivity index (χ3n) is 4.18. The van der Waals surface area contributed by atoms with Crippen LogP contribution in [0, 0.1) is 5.82 Å². The molecule has 2 aromatic rings. The highest BCUT2D eigenvalue weighted by Gasteiger charge is 2.23. The summed E-state index contributed by atoms with van der Waals surface area (Å²) >= 11 is 1.56. The molecule has 2 rings (SSSR count). The summed E-state index contributed by atoms with van der Waals surface area (Å²) in [5.74, 6) is 0.469. The lowest BCUT2D eigenvalue weighted by atomic mass is 10.00. The molecule has 5 nitrogen and oxygen atoms in total. The van der Waals surface area contributed by atoms with Crippen molar-refractivity contribution in [2.75, 3.05) is 33.2 Å². The Morgan fingerprint density at radius 3 is 2.57 bits per heavy atom. The molecule has 1 aromatic heterocycles. The Balaban J connectivity index is 0.00000392. The summed E-state index contributed by atoms with van der Waals surface area (Å²) < 4.78 is 13.0. The number of likely N-dealkylation sites (N-methyl/N-ethyl adjacent to an activating group) is 1. The first-order chi connectivity index (χ1) is 12.9. The van der Waals surface area contributed by atoms with Crippen LogP contribution in [0.3, 0.4) is 0 Å². The van der Waals surface area contributed by atoms with E-state index in [0.717, 1.165) is 30.8 Å². The molecule has 1 aromatic carbocycles. The molecule has 0 radical (unpaired) electrons. The zero-order valence-corrected chi connectivity index (χ0v) is 19.8. The number of nitrogens with zero attached hydrogens (tertiary/aromatic N) is 2. The number of aliphatic imine (C=N–C) groups is 1. The number of halogens is 2. The van der Waals surface area contributed by atoms with Gasteiger partial charge in [-0.15, -0.1) is 24.0 Å². The van der Waals surface area contributed by atoms with Crippen molar-refractivity contribution in [1.29, 1.82) is 0 Å². The van der Waals surface area contributed by atoms with Crippen molar-refractivity contribution < 1.29 is 9.50 Å². The van der Waals surface area contributed by atoms with Gasteiger partial charge in [-0.3, -0.25) is 0 Å². The first-order valence-electron chi connectivity index (χ1n) is 9.11. The molecule has 0 saturated carbocycles. The quantitative estimate of drug-likeness (QED) is 0.270. The number of aliphatic hydroxyl groups is 1. The molecule has 0 saturated heterocycles. The summed E-state index contributed by atoms with van der Waals surface area (Å²) in [6, 6.07) is 8.49. The van der Waals surface area contributed by atoms with E-state index in [0.29, 0.717) is 12.5 Å². The minimum atomic E-state index is -0.984. The fraction of sp³-hybridized carbons (Fsp3) is 0.450. The molecule has 3 N–H and O–H groups in total. The Kier molecular flexibility index (Phi) is 10.9. The lowest BCUT2D eigenvalue weighted by Gasteiger charge is -2.22. The third kappa shape index (κ3) is 8.42.